The maximum atomic E-state index is 13.6. The molecule has 1 atom stereocenters. The lowest BCUT2D eigenvalue weighted by Crippen LogP contribution is -2.48. The van der Waals surface area contributed by atoms with Gasteiger partial charge in [-0.3, -0.25) is 5.32 Å². The van der Waals surface area contributed by atoms with Crippen LogP contribution in [-0.4, -0.2) is 17.6 Å². The summed E-state index contributed by atoms with van der Waals surface area (Å²) in [5.41, 5.74) is -2.22. The third-order valence-electron chi connectivity index (χ3n) is 2.62. The third kappa shape index (κ3) is 2.61. The van der Waals surface area contributed by atoms with E-state index in [1.807, 2.05) is 6.92 Å². The summed E-state index contributed by atoms with van der Waals surface area (Å²) in [6.07, 6.45) is 0.666. The number of nitrogens with one attached hydrogen (secondary N) is 1. The fraction of sp³-hybridized carbons (Fsp3) is 0.417. The zero-order chi connectivity index (χ0) is 13.1. The summed E-state index contributed by atoms with van der Waals surface area (Å²) in [6, 6.07) is 3.30. The molecule has 0 aliphatic rings. The van der Waals surface area contributed by atoms with Crippen molar-refractivity contribution in [1.29, 1.82) is 0 Å². The van der Waals surface area contributed by atoms with Gasteiger partial charge in [0, 0.05) is 0 Å². The molecule has 1 aromatic rings. The Hall–Kier alpha value is -1.49. The van der Waals surface area contributed by atoms with Gasteiger partial charge in [-0.1, -0.05) is 13.0 Å². The molecule has 0 aliphatic carbocycles. The number of hydrogen-bond donors (Lipinski definition) is 2. The second kappa shape index (κ2) is 5.23. The maximum absolute atomic E-state index is 13.6. The van der Waals surface area contributed by atoms with Crippen LogP contribution < -0.4 is 5.32 Å². The van der Waals surface area contributed by atoms with Crippen molar-refractivity contribution in [3.8, 4) is 0 Å². The van der Waals surface area contributed by atoms with Gasteiger partial charge in [-0.05, 0) is 32.0 Å². The SMILES string of the molecule is CCCNC(C)(C(=O)O)c1c(F)cccc1F. The van der Waals surface area contributed by atoms with Gasteiger partial charge < -0.3 is 5.11 Å². The molecule has 0 saturated carbocycles. The van der Waals surface area contributed by atoms with Crippen LogP contribution in [0.5, 0.6) is 0 Å². The summed E-state index contributed by atoms with van der Waals surface area (Å²) in [5, 5.41) is 11.8. The number of halogens is 2. The topological polar surface area (TPSA) is 49.3 Å². The van der Waals surface area contributed by atoms with E-state index in [9.17, 15) is 13.6 Å². The average molecular weight is 243 g/mol. The van der Waals surface area contributed by atoms with Crippen LogP contribution in [0.1, 0.15) is 25.8 Å². The van der Waals surface area contributed by atoms with E-state index in [-0.39, 0.29) is 0 Å². The molecule has 17 heavy (non-hydrogen) atoms. The van der Waals surface area contributed by atoms with Crippen molar-refractivity contribution in [2.24, 2.45) is 0 Å². The lowest BCUT2D eigenvalue weighted by Gasteiger charge is -2.27. The van der Waals surface area contributed by atoms with E-state index in [1.54, 1.807) is 0 Å². The Labute approximate surface area is 98.5 Å². The monoisotopic (exact) mass is 243 g/mol. The van der Waals surface area contributed by atoms with Crippen LogP contribution in [0, 0.1) is 11.6 Å². The first-order chi connectivity index (χ1) is 7.93. The first-order valence-corrected chi connectivity index (χ1v) is 5.36. The summed E-state index contributed by atoms with van der Waals surface area (Å²) in [7, 11) is 0. The van der Waals surface area contributed by atoms with Gasteiger partial charge in [0.15, 0.2) is 0 Å². The lowest BCUT2D eigenvalue weighted by molar-refractivity contribution is -0.144. The van der Waals surface area contributed by atoms with Crippen LogP contribution in [0.15, 0.2) is 18.2 Å². The van der Waals surface area contributed by atoms with E-state index in [0.29, 0.717) is 13.0 Å². The minimum absolute atomic E-state index is 0.358. The number of carboxylic acids is 1. The number of aliphatic carboxylic acids is 1. The normalized spacial score (nSPS) is 14.4. The Morgan fingerprint density at radius 2 is 1.94 bits per heavy atom. The summed E-state index contributed by atoms with van der Waals surface area (Å²) in [5.74, 6) is -3.04. The van der Waals surface area contributed by atoms with Gasteiger partial charge in [0.05, 0.1) is 5.56 Å². The van der Waals surface area contributed by atoms with E-state index in [0.717, 1.165) is 12.1 Å². The van der Waals surface area contributed by atoms with E-state index in [2.05, 4.69) is 5.32 Å². The van der Waals surface area contributed by atoms with Crippen LogP contribution in [0.25, 0.3) is 0 Å². The Bertz CT molecular complexity index is 403. The lowest BCUT2D eigenvalue weighted by atomic mass is 9.91. The van der Waals surface area contributed by atoms with Gasteiger partial charge in [0.2, 0.25) is 0 Å². The molecule has 5 heteroatoms. The van der Waals surface area contributed by atoms with Gasteiger partial charge in [0.1, 0.15) is 17.2 Å². The molecule has 0 heterocycles. The first-order valence-electron chi connectivity index (χ1n) is 5.36. The minimum Gasteiger partial charge on any atom is -0.480 e. The molecule has 0 aromatic heterocycles. The predicted molar refractivity (Wildman–Crippen MR) is 59.6 cm³/mol. The second-order valence-corrected chi connectivity index (χ2v) is 3.95. The molecule has 1 unspecified atom stereocenters. The van der Waals surface area contributed by atoms with Crippen molar-refractivity contribution in [3.05, 3.63) is 35.4 Å². The first kappa shape index (κ1) is 13.6. The van der Waals surface area contributed by atoms with Crippen LogP contribution in [0.3, 0.4) is 0 Å². The number of rotatable bonds is 5. The van der Waals surface area contributed by atoms with E-state index in [1.165, 1.54) is 13.0 Å². The highest BCUT2D eigenvalue weighted by atomic mass is 19.1. The molecule has 0 radical (unpaired) electrons. The Kier molecular flexibility index (Phi) is 4.17. The number of benzene rings is 1. The molecule has 0 fully saturated rings. The molecule has 94 valence electrons. The van der Waals surface area contributed by atoms with Crippen molar-refractivity contribution in [1.82, 2.24) is 5.32 Å². The van der Waals surface area contributed by atoms with Gasteiger partial charge in [-0.15, -0.1) is 0 Å². The molecule has 2 N–H and O–H groups in total. The molecule has 0 bridgehead atoms. The highest BCUT2D eigenvalue weighted by Gasteiger charge is 2.39. The van der Waals surface area contributed by atoms with Crippen LogP contribution >= 0.6 is 0 Å². The highest BCUT2D eigenvalue weighted by Crippen LogP contribution is 2.26. The second-order valence-electron chi connectivity index (χ2n) is 3.95. The predicted octanol–water partition coefficient (Wildman–Crippen LogP) is 2.26. The van der Waals surface area contributed by atoms with Crippen molar-refractivity contribution >= 4 is 5.97 Å². The molecule has 0 amide bonds. The van der Waals surface area contributed by atoms with Gasteiger partial charge in [0.25, 0.3) is 0 Å². The van der Waals surface area contributed by atoms with Crippen molar-refractivity contribution in [2.45, 2.75) is 25.8 Å². The summed E-state index contributed by atoms with van der Waals surface area (Å²) in [4.78, 5) is 11.2. The molecule has 3 nitrogen and oxygen atoms in total. The quantitative estimate of drug-likeness (QED) is 0.834. The van der Waals surface area contributed by atoms with E-state index in [4.69, 9.17) is 5.11 Å². The van der Waals surface area contributed by atoms with Gasteiger partial charge >= 0.3 is 5.97 Å². The Balaban J connectivity index is 3.27. The smallest absolute Gasteiger partial charge is 0.328 e. The van der Waals surface area contributed by atoms with Crippen LogP contribution in [0.2, 0.25) is 0 Å². The number of carboxylic acid groups (broad SMARTS) is 1. The van der Waals surface area contributed by atoms with E-state index >= 15 is 0 Å². The fourth-order valence-corrected chi connectivity index (χ4v) is 1.62. The number of carbonyl (C=O) groups is 1. The molecular formula is C12H15F2NO2. The molecule has 0 spiro atoms. The highest BCUT2D eigenvalue weighted by molar-refractivity contribution is 5.80. The fourth-order valence-electron chi connectivity index (χ4n) is 1.62. The summed E-state index contributed by atoms with van der Waals surface area (Å²) < 4.78 is 27.2. The maximum Gasteiger partial charge on any atom is 0.328 e. The molecule has 0 aliphatic heterocycles. The Morgan fingerprint density at radius 3 is 2.35 bits per heavy atom. The molecular weight excluding hydrogens is 228 g/mol. The molecule has 1 rings (SSSR count). The van der Waals surface area contributed by atoms with Crippen LogP contribution in [0.4, 0.5) is 8.78 Å². The molecule has 0 saturated heterocycles. The van der Waals surface area contributed by atoms with Crippen LogP contribution in [-0.2, 0) is 10.3 Å². The van der Waals surface area contributed by atoms with Crippen molar-refractivity contribution in [2.75, 3.05) is 6.54 Å². The molecule has 1 aromatic carbocycles. The standard InChI is InChI=1S/C12H15F2NO2/c1-3-7-15-12(2,11(16)17)10-8(13)5-4-6-9(10)14/h4-6,15H,3,7H2,1-2H3,(H,16,17). The van der Waals surface area contributed by atoms with E-state index < -0.39 is 28.7 Å². The van der Waals surface area contributed by atoms with Gasteiger partial charge in [-0.2, -0.15) is 0 Å². The zero-order valence-corrected chi connectivity index (χ0v) is 9.76. The number of hydrogen-bond acceptors (Lipinski definition) is 2. The van der Waals surface area contributed by atoms with Crippen molar-refractivity contribution in [3.63, 3.8) is 0 Å². The Morgan fingerprint density at radius 1 is 1.41 bits per heavy atom. The van der Waals surface area contributed by atoms with Gasteiger partial charge in [-0.25, -0.2) is 13.6 Å². The van der Waals surface area contributed by atoms with Crippen molar-refractivity contribution < 1.29 is 18.7 Å². The minimum atomic E-state index is -1.76. The average Bonchev–Trinajstić information content (AvgIpc) is 2.25. The summed E-state index contributed by atoms with van der Waals surface area (Å²) >= 11 is 0. The third-order valence-corrected chi connectivity index (χ3v) is 2.62. The zero-order valence-electron chi connectivity index (χ0n) is 9.76. The largest absolute Gasteiger partial charge is 0.480 e. The summed E-state index contributed by atoms with van der Waals surface area (Å²) in [6.45, 7) is 3.45.